The quantitative estimate of drug-likeness (QED) is 0.823. The lowest BCUT2D eigenvalue weighted by Gasteiger charge is -2.14. The van der Waals surface area contributed by atoms with E-state index in [2.05, 4.69) is 5.32 Å². The van der Waals surface area contributed by atoms with Crippen molar-refractivity contribution in [2.75, 3.05) is 25.6 Å². The molecule has 0 bridgehead atoms. The van der Waals surface area contributed by atoms with Crippen LogP contribution in [0, 0.1) is 5.82 Å². The SMILES string of the molecule is COc1ccc(NCC(O)COc2ccc(F)cc2)cc1. The molecule has 0 amide bonds. The Balaban J connectivity index is 1.73. The van der Waals surface area contributed by atoms with E-state index in [0.717, 1.165) is 11.4 Å². The first kappa shape index (κ1) is 15.1. The van der Waals surface area contributed by atoms with E-state index < -0.39 is 6.10 Å². The number of halogens is 1. The number of benzene rings is 2. The first-order chi connectivity index (χ1) is 10.2. The molecule has 0 saturated carbocycles. The minimum atomic E-state index is -0.669. The van der Waals surface area contributed by atoms with Gasteiger partial charge in [0.2, 0.25) is 0 Å². The molecule has 0 aliphatic carbocycles. The number of aliphatic hydroxyl groups is 1. The van der Waals surface area contributed by atoms with Gasteiger partial charge in [0, 0.05) is 12.2 Å². The summed E-state index contributed by atoms with van der Waals surface area (Å²) >= 11 is 0. The third kappa shape index (κ3) is 4.96. The average Bonchev–Trinajstić information content (AvgIpc) is 2.53. The summed E-state index contributed by atoms with van der Waals surface area (Å²) in [6.45, 7) is 0.488. The molecule has 2 aromatic rings. The maximum Gasteiger partial charge on any atom is 0.123 e. The van der Waals surface area contributed by atoms with Crippen LogP contribution < -0.4 is 14.8 Å². The highest BCUT2D eigenvalue weighted by atomic mass is 19.1. The second-order valence-corrected chi connectivity index (χ2v) is 4.53. The van der Waals surface area contributed by atoms with Gasteiger partial charge in [-0.1, -0.05) is 0 Å². The standard InChI is InChI=1S/C16H18FNO3/c1-20-15-8-4-13(5-9-15)18-10-14(19)11-21-16-6-2-12(17)3-7-16/h2-9,14,18-19H,10-11H2,1H3. The minimum Gasteiger partial charge on any atom is -0.497 e. The van der Waals surface area contributed by atoms with E-state index in [9.17, 15) is 9.50 Å². The molecule has 2 rings (SSSR count). The van der Waals surface area contributed by atoms with Crippen LogP contribution in [0.25, 0.3) is 0 Å². The van der Waals surface area contributed by atoms with Gasteiger partial charge in [-0.15, -0.1) is 0 Å². The zero-order valence-electron chi connectivity index (χ0n) is 11.8. The van der Waals surface area contributed by atoms with Gasteiger partial charge >= 0.3 is 0 Å². The van der Waals surface area contributed by atoms with Crippen LogP contribution in [0.1, 0.15) is 0 Å². The Labute approximate surface area is 123 Å². The topological polar surface area (TPSA) is 50.7 Å². The Morgan fingerprint density at radius 3 is 2.29 bits per heavy atom. The number of rotatable bonds is 7. The van der Waals surface area contributed by atoms with E-state index in [0.29, 0.717) is 12.3 Å². The maximum atomic E-state index is 12.7. The molecule has 0 heterocycles. The molecule has 21 heavy (non-hydrogen) atoms. The summed E-state index contributed by atoms with van der Waals surface area (Å²) < 4.78 is 23.2. The average molecular weight is 291 g/mol. The molecule has 4 nitrogen and oxygen atoms in total. The van der Waals surface area contributed by atoms with Crippen LogP contribution in [0.4, 0.5) is 10.1 Å². The van der Waals surface area contributed by atoms with E-state index in [1.54, 1.807) is 7.11 Å². The molecule has 112 valence electrons. The van der Waals surface area contributed by atoms with Gasteiger partial charge in [0.05, 0.1) is 7.11 Å². The van der Waals surface area contributed by atoms with E-state index in [1.807, 2.05) is 24.3 Å². The number of nitrogens with one attached hydrogen (secondary N) is 1. The highest BCUT2D eigenvalue weighted by Crippen LogP contribution is 2.15. The van der Waals surface area contributed by atoms with Crippen LogP contribution in [0.5, 0.6) is 11.5 Å². The summed E-state index contributed by atoms with van der Waals surface area (Å²) in [6.07, 6.45) is -0.669. The number of ether oxygens (including phenoxy) is 2. The van der Waals surface area contributed by atoms with Gasteiger partial charge in [0.1, 0.15) is 30.0 Å². The van der Waals surface area contributed by atoms with Crippen LogP contribution in [-0.4, -0.2) is 31.5 Å². The maximum absolute atomic E-state index is 12.7. The van der Waals surface area contributed by atoms with E-state index in [-0.39, 0.29) is 12.4 Å². The van der Waals surface area contributed by atoms with Gasteiger partial charge in [-0.3, -0.25) is 0 Å². The van der Waals surface area contributed by atoms with Gasteiger partial charge in [0.15, 0.2) is 0 Å². The highest BCUT2D eigenvalue weighted by molar-refractivity contribution is 5.46. The van der Waals surface area contributed by atoms with Crippen molar-refractivity contribution >= 4 is 5.69 Å². The zero-order chi connectivity index (χ0) is 15.1. The lowest BCUT2D eigenvalue weighted by molar-refractivity contribution is 0.117. The monoisotopic (exact) mass is 291 g/mol. The minimum absolute atomic E-state index is 0.134. The number of aliphatic hydroxyl groups excluding tert-OH is 1. The van der Waals surface area contributed by atoms with Crippen molar-refractivity contribution < 1.29 is 19.0 Å². The van der Waals surface area contributed by atoms with Crippen molar-refractivity contribution in [1.82, 2.24) is 0 Å². The Kier molecular flexibility index (Phi) is 5.40. The molecule has 0 aliphatic rings. The molecule has 1 atom stereocenters. The van der Waals surface area contributed by atoms with E-state index >= 15 is 0 Å². The lowest BCUT2D eigenvalue weighted by atomic mass is 10.3. The summed E-state index contributed by atoms with van der Waals surface area (Å²) in [7, 11) is 1.61. The first-order valence-electron chi connectivity index (χ1n) is 6.62. The third-order valence-electron chi connectivity index (χ3n) is 2.89. The molecule has 0 spiro atoms. The zero-order valence-corrected chi connectivity index (χ0v) is 11.8. The third-order valence-corrected chi connectivity index (χ3v) is 2.89. The Bertz CT molecular complexity index is 542. The number of hydrogen-bond donors (Lipinski definition) is 2. The molecular formula is C16H18FNO3. The van der Waals surface area contributed by atoms with Gasteiger partial charge < -0.3 is 19.9 Å². The Morgan fingerprint density at radius 2 is 1.67 bits per heavy atom. The van der Waals surface area contributed by atoms with Crippen LogP contribution in [0.15, 0.2) is 48.5 Å². The Hall–Kier alpha value is -2.27. The van der Waals surface area contributed by atoms with Crippen molar-refractivity contribution in [3.05, 3.63) is 54.3 Å². The smallest absolute Gasteiger partial charge is 0.123 e. The number of anilines is 1. The van der Waals surface area contributed by atoms with Crippen LogP contribution in [-0.2, 0) is 0 Å². The Morgan fingerprint density at radius 1 is 1.05 bits per heavy atom. The van der Waals surface area contributed by atoms with Crippen LogP contribution in [0.3, 0.4) is 0 Å². The molecule has 0 radical (unpaired) electrons. The second-order valence-electron chi connectivity index (χ2n) is 4.53. The highest BCUT2D eigenvalue weighted by Gasteiger charge is 2.05. The van der Waals surface area contributed by atoms with Crippen molar-refractivity contribution in [2.45, 2.75) is 6.10 Å². The van der Waals surface area contributed by atoms with Gasteiger partial charge in [0.25, 0.3) is 0 Å². The molecule has 0 fully saturated rings. The number of methoxy groups -OCH3 is 1. The van der Waals surface area contributed by atoms with E-state index in [1.165, 1.54) is 24.3 Å². The molecule has 0 aromatic heterocycles. The predicted octanol–water partition coefficient (Wildman–Crippen LogP) is 2.69. The van der Waals surface area contributed by atoms with E-state index in [4.69, 9.17) is 9.47 Å². The molecule has 2 N–H and O–H groups in total. The largest absolute Gasteiger partial charge is 0.497 e. The van der Waals surface area contributed by atoms with Gasteiger partial charge in [-0.2, -0.15) is 0 Å². The van der Waals surface area contributed by atoms with Crippen molar-refractivity contribution in [3.63, 3.8) is 0 Å². The summed E-state index contributed by atoms with van der Waals surface area (Å²) in [5, 5.41) is 12.9. The summed E-state index contributed by atoms with van der Waals surface area (Å²) in [5.41, 5.74) is 0.886. The summed E-state index contributed by atoms with van der Waals surface area (Å²) in [4.78, 5) is 0. The number of hydrogen-bond acceptors (Lipinski definition) is 4. The normalized spacial score (nSPS) is 11.8. The fourth-order valence-corrected chi connectivity index (χ4v) is 1.73. The second kappa shape index (κ2) is 7.50. The van der Waals surface area contributed by atoms with Crippen molar-refractivity contribution in [1.29, 1.82) is 0 Å². The summed E-state index contributed by atoms with van der Waals surface area (Å²) in [5.74, 6) is 0.990. The fraction of sp³-hybridized carbons (Fsp3) is 0.250. The molecule has 0 saturated heterocycles. The van der Waals surface area contributed by atoms with Gasteiger partial charge in [-0.05, 0) is 48.5 Å². The van der Waals surface area contributed by atoms with Crippen molar-refractivity contribution in [2.24, 2.45) is 0 Å². The van der Waals surface area contributed by atoms with Crippen LogP contribution >= 0.6 is 0 Å². The summed E-state index contributed by atoms with van der Waals surface area (Å²) in [6, 6.07) is 13.1. The molecule has 5 heteroatoms. The van der Waals surface area contributed by atoms with Crippen molar-refractivity contribution in [3.8, 4) is 11.5 Å². The molecular weight excluding hydrogens is 273 g/mol. The molecule has 2 aromatic carbocycles. The lowest BCUT2D eigenvalue weighted by Crippen LogP contribution is -2.26. The van der Waals surface area contributed by atoms with Gasteiger partial charge in [-0.25, -0.2) is 4.39 Å². The first-order valence-corrected chi connectivity index (χ1v) is 6.62. The molecule has 1 unspecified atom stereocenters. The van der Waals surface area contributed by atoms with Crippen LogP contribution in [0.2, 0.25) is 0 Å². The predicted molar refractivity (Wildman–Crippen MR) is 79.4 cm³/mol. The fourth-order valence-electron chi connectivity index (χ4n) is 1.73. The molecule has 0 aliphatic heterocycles.